The maximum absolute atomic E-state index is 13.5. The monoisotopic (exact) mass is 231 g/mol. The summed E-state index contributed by atoms with van der Waals surface area (Å²) in [6.45, 7) is 1.95. The summed E-state index contributed by atoms with van der Waals surface area (Å²) in [6.07, 6.45) is 0.556. The van der Waals surface area contributed by atoms with Gasteiger partial charge in [0.15, 0.2) is 0 Å². The van der Waals surface area contributed by atoms with Crippen molar-refractivity contribution >= 4 is 11.6 Å². The van der Waals surface area contributed by atoms with Gasteiger partial charge in [-0.25, -0.2) is 4.39 Å². The minimum Gasteiger partial charge on any atom is -0.379 e. The molecule has 0 aromatic heterocycles. The van der Waals surface area contributed by atoms with E-state index < -0.39 is 6.04 Å². The normalized spacial score (nSPS) is 15.0. The summed E-state index contributed by atoms with van der Waals surface area (Å²) in [4.78, 5) is 0. The summed E-state index contributed by atoms with van der Waals surface area (Å²) in [5.41, 5.74) is 6.34. The van der Waals surface area contributed by atoms with Crippen LogP contribution in [0.3, 0.4) is 0 Å². The van der Waals surface area contributed by atoms with Crippen molar-refractivity contribution in [2.45, 2.75) is 25.5 Å². The molecule has 0 aliphatic rings. The summed E-state index contributed by atoms with van der Waals surface area (Å²) in [6, 6.07) is 4.03. The summed E-state index contributed by atoms with van der Waals surface area (Å²) in [7, 11) is 1.57. The van der Waals surface area contributed by atoms with E-state index in [1.54, 1.807) is 19.2 Å². The van der Waals surface area contributed by atoms with Gasteiger partial charge >= 0.3 is 0 Å². The Labute approximate surface area is 94.2 Å². The van der Waals surface area contributed by atoms with Crippen LogP contribution < -0.4 is 5.73 Å². The van der Waals surface area contributed by atoms with E-state index >= 15 is 0 Å². The molecule has 0 saturated heterocycles. The topological polar surface area (TPSA) is 35.2 Å². The van der Waals surface area contributed by atoms with Gasteiger partial charge < -0.3 is 10.5 Å². The third kappa shape index (κ3) is 2.91. The largest absolute Gasteiger partial charge is 0.379 e. The van der Waals surface area contributed by atoms with Crippen molar-refractivity contribution in [3.05, 3.63) is 34.6 Å². The fourth-order valence-electron chi connectivity index (χ4n) is 1.54. The lowest BCUT2D eigenvalue weighted by atomic mass is 10.00. The van der Waals surface area contributed by atoms with Gasteiger partial charge in [-0.2, -0.15) is 0 Å². The lowest BCUT2D eigenvalue weighted by molar-refractivity contribution is 0.0762. The van der Waals surface area contributed by atoms with Gasteiger partial charge in [0.05, 0.1) is 12.1 Å². The maximum atomic E-state index is 13.5. The number of benzene rings is 1. The van der Waals surface area contributed by atoms with Crippen LogP contribution in [0.15, 0.2) is 18.2 Å². The molecule has 15 heavy (non-hydrogen) atoms. The number of nitrogens with two attached hydrogens (primary N) is 1. The van der Waals surface area contributed by atoms with Crippen LogP contribution in [-0.2, 0) is 4.74 Å². The quantitative estimate of drug-likeness (QED) is 0.865. The first-order chi connectivity index (χ1) is 7.10. The zero-order valence-electron chi connectivity index (χ0n) is 8.84. The predicted octanol–water partition coefficient (Wildman–Crippen LogP) is 2.90. The molecule has 1 aromatic carbocycles. The Hall–Kier alpha value is -0.640. The zero-order valence-corrected chi connectivity index (χ0v) is 9.59. The Kier molecular flexibility index (Phi) is 4.51. The predicted molar refractivity (Wildman–Crippen MR) is 59.4 cm³/mol. The highest BCUT2D eigenvalue weighted by Crippen LogP contribution is 2.23. The van der Waals surface area contributed by atoms with E-state index in [-0.39, 0.29) is 11.9 Å². The SMILES string of the molecule is CCC(OC)C(N)c1ccc(Cl)cc1F. The van der Waals surface area contributed by atoms with Crippen molar-refractivity contribution in [1.29, 1.82) is 0 Å². The first kappa shape index (κ1) is 12.4. The Morgan fingerprint density at radius 2 is 2.20 bits per heavy atom. The Morgan fingerprint density at radius 1 is 1.53 bits per heavy atom. The Bertz CT molecular complexity index is 328. The van der Waals surface area contributed by atoms with Crippen LogP contribution in [0.1, 0.15) is 24.9 Å². The second-order valence-electron chi connectivity index (χ2n) is 3.37. The van der Waals surface area contributed by atoms with Gasteiger partial charge in [-0.3, -0.25) is 0 Å². The van der Waals surface area contributed by atoms with E-state index in [0.29, 0.717) is 10.6 Å². The van der Waals surface area contributed by atoms with Gasteiger partial charge in [-0.15, -0.1) is 0 Å². The fourth-order valence-corrected chi connectivity index (χ4v) is 1.70. The smallest absolute Gasteiger partial charge is 0.129 e. The average Bonchev–Trinajstić information content (AvgIpc) is 2.19. The van der Waals surface area contributed by atoms with E-state index in [4.69, 9.17) is 22.1 Å². The molecule has 2 N–H and O–H groups in total. The van der Waals surface area contributed by atoms with E-state index in [0.717, 1.165) is 6.42 Å². The van der Waals surface area contributed by atoms with Crippen LogP contribution in [0.2, 0.25) is 5.02 Å². The molecule has 1 rings (SSSR count). The molecule has 84 valence electrons. The fraction of sp³-hybridized carbons (Fsp3) is 0.455. The van der Waals surface area contributed by atoms with E-state index in [1.165, 1.54) is 6.07 Å². The second-order valence-corrected chi connectivity index (χ2v) is 3.81. The summed E-state index contributed by atoms with van der Waals surface area (Å²) in [5, 5.41) is 0.369. The van der Waals surface area contributed by atoms with Gasteiger partial charge in [-0.05, 0) is 18.6 Å². The minimum atomic E-state index is -0.461. The number of methoxy groups -OCH3 is 1. The van der Waals surface area contributed by atoms with Gasteiger partial charge in [0.2, 0.25) is 0 Å². The second kappa shape index (κ2) is 5.45. The number of halogens is 2. The number of hydrogen-bond donors (Lipinski definition) is 1. The van der Waals surface area contributed by atoms with Gasteiger partial charge in [-0.1, -0.05) is 24.6 Å². The van der Waals surface area contributed by atoms with Crippen molar-refractivity contribution in [3.63, 3.8) is 0 Å². The highest BCUT2D eigenvalue weighted by atomic mass is 35.5. The molecule has 1 aromatic rings. The molecule has 4 heteroatoms. The maximum Gasteiger partial charge on any atom is 0.129 e. The standard InChI is InChI=1S/C11H15ClFNO/c1-3-10(15-2)11(14)8-5-4-7(12)6-9(8)13/h4-6,10-11H,3,14H2,1-2H3. The molecule has 0 fully saturated rings. The van der Waals surface area contributed by atoms with Crippen LogP contribution in [0.4, 0.5) is 4.39 Å². The molecule has 2 nitrogen and oxygen atoms in total. The van der Waals surface area contributed by atoms with Crippen LogP contribution >= 0.6 is 11.6 Å². The third-order valence-electron chi connectivity index (χ3n) is 2.43. The number of hydrogen-bond acceptors (Lipinski definition) is 2. The van der Waals surface area contributed by atoms with E-state index in [9.17, 15) is 4.39 Å². The van der Waals surface area contributed by atoms with E-state index in [2.05, 4.69) is 0 Å². The molecular formula is C11H15ClFNO. The summed E-state index contributed by atoms with van der Waals surface area (Å²) in [5.74, 6) is -0.384. The molecule has 0 spiro atoms. The molecular weight excluding hydrogens is 217 g/mol. The first-order valence-corrected chi connectivity index (χ1v) is 5.21. The first-order valence-electron chi connectivity index (χ1n) is 4.83. The highest BCUT2D eigenvalue weighted by Gasteiger charge is 2.20. The van der Waals surface area contributed by atoms with Crippen molar-refractivity contribution in [3.8, 4) is 0 Å². The van der Waals surface area contributed by atoms with Gasteiger partial charge in [0, 0.05) is 17.7 Å². The summed E-state index contributed by atoms with van der Waals surface area (Å²) >= 11 is 5.66. The Morgan fingerprint density at radius 3 is 2.67 bits per heavy atom. The molecule has 0 aliphatic heterocycles. The average molecular weight is 232 g/mol. The van der Waals surface area contributed by atoms with Crippen LogP contribution in [0.5, 0.6) is 0 Å². The van der Waals surface area contributed by atoms with Crippen molar-refractivity contribution < 1.29 is 9.13 Å². The van der Waals surface area contributed by atoms with Crippen LogP contribution in [0.25, 0.3) is 0 Å². The molecule has 2 atom stereocenters. The number of rotatable bonds is 4. The molecule has 2 unspecified atom stereocenters. The lowest BCUT2D eigenvalue weighted by Crippen LogP contribution is -2.28. The highest BCUT2D eigenvalue weighted by molar-refractivity contribution is 6.30. The molecule has 0 amide bonds. The van der Waals surface area contributed by atoms with Crippen molar-refractivity contribution in [1.82, 2.24) is 0 Å². The summed E-state index contributed by atoms with van der Waals surface area (Å²) < 4.78 is 18.7. The van der Waals surface area contributed by atoms with E-state index in [1.807, 2.05) is 6.92 Å². The van der Waals surface area contributed by atoms with Crippen molar-refractivity contribution in [2.24, 2.45) is 5.73 Å². The Balaban J connectivity index is 2.94. The van der Waals surface area contributed by atoms with Crippen LogP contribution in [-0.4, -0.2) is 13.2 Å². The minimum absolute atomic E-state index is 0.180. The molecule has 0 heterocycles. The molecule has 0 radical (unpaired) electrons. The zero-order chi connectivity index (χ0) is 11.4. The number of ether oxygens (including phenoxy) is 1. The third-order valence-corrected chi connectivity index (χ3v) is 2.66. The van der Waals surface area contributed by atoms with Gasteiger partial charge in [0.1, 0.15) is 5.82 Å². The molecule has 0 aliphatic carbocycles. The lowest BCUT2D eigenvalue weighted by Gasteiger charge is -2.21. The molecule has 0 saturated carbocycles. The molecule has 0 bridgehead atoms. The van der Waals surface area contributed by atoms with Crippen molar-refractivity contribution in [2.75, 3.05) is 7.11 Å². The van der Waals surface area contributed by atoms with Gasteiger partial charge in [0.25, 0.3) is 0 Å². The van der Waals surface area contributed by atoms with Crippen LogP contribution in [0, 0.1) is 5.82 Å².